The second-order valence-electron chi connectivity index (χ2n) is 4.01. The van der Waals surface area contributed by atoms with Crippen LogP contribution < -0.4 is 22.5 Å². The molecule has 1 aromatic heterocycles. The molecule has 7 heteroatoms. The second-order valence-corrected chi connectivity index (χ2v) is 4.01. The van der Waals surface area contributed by atoms with E-state index < -0.39 is 5.91 Å². The number of carbonyl (C=O) groups excluding carboxylic acids is 1. The zero-order valence-electron chi connectivity index (χ0n) is 10.4. The third kappa shape index (κ3) is 2.44. The van der Waals surface area contributed by atoms with Crippen LogP contribution in [-0.4, -0.2) is 10.9 Å². The Hall–Kier alpha value is -3.27. The van der Waals surface area contributed by atoms with Gasteiger partial charge in [0.15, 0.2) is 5.82 Å². The van der Waals surface area contributed by atoms with Crippen molar-refractivity contribution in [2.75, 3.05) is 16.8 Å². The molecule has 0 saturated heterocycles. The summed E-state index contributed by atoms with van der Waals surface area (Å²) in [7, 11) is 0. The Morgan fingerprint density at radius 2 is 2.00 bits per heavy atom. The average molecular weight is 268 g/mol. The fraction of sp³-hybridized carbons (Fsp3) is 0. The van der Waals surface area contributed by atoms with Crippen molar-refractivity contribution < 1.29 is 4.79 Å². The van der Waals surface area contributed by atoms with E-state index in [1.807, 2.05) is 6.07 Å². The van der Waals surface area contributed by atoms with Crippen LogP contribution in [0.5, 0.6) is 0 Å². The minimum atomic E-state index is -0.739. The van der Waals surface area contributed by atoms with E-state index in [1.54, 1.807) is 24.3 Å². The fourth-order valence-electron chi connectivity index (χ4n) is 1.64. The molecule has 1 amide bonds. The fourth-order valence-corrected chi connectivity index (χ4v) is 1.64. The number of aromatic nitrogens is 1. The third-order valence-corrected chi connectivity index (χ3v) is 2.65. The van der Waals surface area contributed by atoms with Crippen molar-refractivity contribution in [1.82, 2.24) is 4.98 Å². The molecule has 0 aliphatic rings. The number of amides is 1. The molecule has 20 heavy (non-hydrogen) atoms. The molecule has 0 aliphatic carbocycles. The van der Waals surface area contributed by atoms with E-state index >= 15 is 0 Å². The van der Waals surface area contributed by atoms with Crippen molar-refractivity contribution in [3.8, 4) is 6.07 Å². The molecular formula is C13H12N6O. The van der Waals surface area contributed by atoms with E-state index in [-0.39, 0.29) is 22.8 Å². The first-order valence-electron chi connectivity index (χ1n) is 5.65. The largest absolute Gasteiger partial charge is 0.397 e. The highest BCUT2D eigenvalue weighted by molar-refractivity contribution is 5.98. The first-order valence-corrected chi connectivity index (χ1v) is 5.65. The van der Waals surface area contributed by atoms with Gasteiger partial charge < -0.3 is 22.5 Å². The number of pyridine rings is 1. The summed E-state index contributed by atoms with van der Waals surface area (Å²) in [4.78, 5) is 15.2. The molecule has 0 aliphatic heterocycles. The lowest BCUT2D eigenvalue weighted by atomic mass is 10.1. The Bertz CT molecular complexity index is 719. The van der Waals surface area contributed by atoms with Crippen molar-refractivity contribution in [2.24, 2.45) is 5.73 Å². The lowest BCUT2D eigenvalue weighted by Crippen LogP contribution is -2.15. The van der Waals surface area contributed by atoms with Crippen molar-refractivity contribution >= 4 is 28.9 Å². The molecular weight excluding hydrogens is 256 g/mol. The first kappa shape index (κ1) is 13.2. The molecule has 2 aromatic rings. The Morgan fingerprint density at radius 1 is 1.30 bits per heavy atom. The van der Waals surface area contributed by atoms with Crippen molar-refractivity contribution in [1.29, 1.82) is 5.26 Å². The van der Waals surface area contributed by atoms with Crippen LogP contribution in [0.2, 0.25) is 0 Å². The first-order chi connectivity index (χ1) is 9.52. The summed E-state index contributed by atoms with van der Waals surface area (Å²) < 4.78 is 0. The Kier molecular flexibility index (Phi) is 3.39. The number of nitrogen functional groups attached to an aromatic ring is 2. The standard InChI is InChI=1S/C13H12N6O/c14-6-7-5-8(12(17)20)11(16)19-13(7)18-10-4-2-1-3-9(10)15/h1-5H,15H2,(H2,17,20)(H3,16,18,19). The van der Waals surface area contributed by atoms with E-state index in [9.17, 15) is 4.79 Å². The van der Waals surface area contributed by atoms with E-state index in [4.69, 9.17) is 22.5 Å². The van der Waals surface area contributed by atoms with Gasteiger partial charge in [-0.05, 0) is 18.2 Å². The summed E-state index contributed by atoms with van der Waals surface area (Å²) in [6, 6.07) is 10.2. The Balaban J connectivity index is 2.48. The smallest absolute Gasteiger partial charge is 0.252 e. The molecule has 0 fully saturated rings. The molecule has 7 nitrogen and oxygen atoms in total. The number of nitrogens with one attached hydrogen (secondary N) is 1. The number of nitrogens with two attached hydrogens (primary N) is 3. The van der Waals surface area contributed by atoms with Crippen LogP contribution in [-0.2, 0) is 0 Å². The maximum atomic E-state index is 11.2. The predicted octanol–water partition coefficient (Wildman–Crippen LogP) is 0.960. The number of benzene rings is 1. The lowest BCUT2D eigenvalue weighted by molar-refractivity contribution is 0.100. The van der Waals surface area contributed by atoms with E-state index in [1.165, 1.54) is 6.07 Å². The van der Waals surface area contributed by atoms with Gasteiger partial charge in [0.25, 0.3) is 5.91 Å². The summed E-state index contributed by atoms with van der Waals surface area (Å²) in [6.45, 7) is 0. The number of carbonyl (C=O) groups is 1. The number of rotatable bonds is 3. The molecule has 1 aromatic carbocycles. The van der Waals surface area contributed by atoms with Gasteiger partial charge in [-0.3, -0.25) is 4.79 Å². The van der Waals surface area contributed by atoms with Gasteiger partial charge in [-0.1, -0.05) is 12.1 Å². The van der Waals surface area contributed by atoms with Gasteiger partial charge >= 0.3 is 0 Å². The zero-order valence-corrected chi connectivity index (χ0v) is 10.4. The van der Waals surface area contributed by atoms with Crippen LogP contribution in [0.3, 0.4) is 0 Å². The summed E-state index contributed by atoms with van der Waals surface area (Å²) in [5, 5.41) is 12.0. The van der Waals surface area contributed by atoms with Gasteiger partial charge in [0.2, 0.25) is 0 Å². The summed E-state index contributed by atoms with van der Waals surface area (Å²) in [6.07, 6.45) is 0. The highest BCUT2D eigenvalue weighted by Crippen LogP contribution is 2.25. The Labute approximate surface area is 115 Å². The van der Waals surface area contributed by atoms with E-state index in [0.717, 1.165) is 0 Å². The van der Waals surface area contributed by atoms with E-state index in [2.05, 4.69) is 10.3 Å². The van der Waals surface area contributed by atoms with Crippen LogP contribution in [0.15, 0.2) is 30.3 Å². The van der Waals surface area contributed by atoms with Gasteiger partial charge in [-0.2, -0.15) is 5.26 Å². The number of primary amides is 1. The summed E-state index contributed by atoms with van der Waals surface area (Å²) in [5.74, 6) is -0.571. The zero-order chi connectivity index (χ0) is 14.7. The van der Waals surface area contributed by atoms with Gasteiger partial charge in [-0.25, -0.2) is 4.98 Å². The van der Waals surface area contributed by atoms with Crippen LogP contribution >= 0.6 is 0 Å². The quantitative estimate of drug-likeness (QED) is 0.610. The molecule has 2 rings (SSSR count). The minimum Gasteiger partial charge on any atom is -0.397 e. The number of hydrogen-bond acceptors (Lipinski definition) is 6. The van der Waals surface area contributed by atoms with Gasteiger partial charge in [-0.15, -0.1) is 0 Å². The number of nitriles is 1. The molecule has 0 spiro atoms. The van der Waals surface area contributed by atoms with Crippen molar-refractivity contribution in [2.45, 2.75) is 0 Å². The topological polar surface area (TPSA) is 144 Å². The SMILES string of the molecule is N#Cc1cc(C(N)=O)c(N)nc1Nc1ccccc1N. The molecule has 7 N–H and O–H groups in total. The number of anilines is 4. The highest BCUT2D eigenvalue weighted by Gasteiger charge is 2.14. The normalized spacial score (nSPS) is 9.75. The molecule has 0 saturated carbocycles. The number of para-hydroxylation sites is 2. The maximum absolute atomic E-state index is 11.2. The average Bonchev–Trinajstić information content (AvgIpc) is 2.41. The summed E-state index contributed by atoms with van der Waals surface area (Å²) >= 11 is 0. The van der Waals surface area contributed by atoms with Crippen LogP contribution in [0.4, 0.5) is 23.0 Å². The van der Waals surface area contributed by atoms with Crippen molar-refractivity contribution in [3.05, 3.63) is 41.5 Å². The molecule has 0 bridgehead atoms. The maximum Gasteiger partial charge on any atom is 0.252 e. The van der Waals surface area contributed by atoms with Crippen molar-refractivity contribution in [3.63, 3.8) is 0 Å². The van der Waals surface area contributed by atoms with Gasteiger partial charge in [0.1, 0.15) is 11.9 Å². The minimum absolute atomic E-state index is 0.00753. The van der Waals surface area contributed by atoms with Gasteiger partial charge in [0, 0.05) is 0 Å². The monoisotopic (exact) mass is 268 g/mol. The molecule has 100 valence electrons. The van der Waals surface area contributed by atoms with Crippen LogP contribution in [0, 0.1) is 11.3 Å². The summed E-state index contributed by atoms with van der Waals surface area (Å²) in [5.41, 5.74) is 17.8. The molecule has 0 unspecified atom stereocenters. The molecule has 1 heterocycles. The predicted molar refractivity (Wildman–Crippen MR) is 76.0 cm³/mol. The highest BCUT2D eigenvalue weighted by atomic mass is 16.1. The second kappa shape index (κ2) is 5.16. The lowest BCUT2D eigenvalue weighted by Gasteiger charge is -2.11. The van der Waals surface area contributed by atoms with Gasteiger partial charge in [0.05, 0.1) is 22.5 Å². The van der Waals surface area contributed by atoms with Crippen LogP contribution in [0.1, 0.15) is 15.9 Å². The van der Waals surface area contributed by atoms with E-state index in [0.29, 0.717) is 11.4 Å². The number of nitrogens with zero attached hydrogens (tertiary/aromatic N) is 2. The molecule has 0 radical (unpaired) electrons. The molecule has 0 atom stereocenters. The van der Waals surface area contributed by atoms with Crippen LogP contribution in [0.25, 0.3) is 0 Å². The number of hydrogen-bond donors (Lipinski definition) is 4. The third-order valence-electron chi connectivity index (χ3n) is 2.65. The Morgan fingerprint density at radius 3 is 2.60 bits per heavy atom.